The molecule has 4 nitrogen and oxygen atoms in total. The zero-order valence-electron chi connectivity index (χ0n) is 9.03. The maximum absolute atomic E-state index is 9.09. The Balaban J connectivity index is 2.27. The minimum atomic E-state index is 0.0285. The van der Waals surface area contributed by atoms with Crippen LogP contribution in [0.4, 0.5) is 0 Å². The van der Waals surface area contributed by atoms with Crippen molar-refractivity contribution < 1.29 is 14.6 Å². The molecule has 0 aromatic heterocycles. The van der Waals surface area contributed by atoms with Crippen molar-refractivity contribution >= 4 is 0 Å². The number of hydrogen-bond acceptors (Lipinski definition) is 4. The maximum atomic E-state index is 9.09. The molecule has 1 saturated carbocycles. The van der Waals surface area contributed by atoms with Gasteiger partial charge in [0.05, 0.1) is 25.9 Å². The van der Waals surface area contributed by atoms with Crippen LogP contribution < -0.4 is 5.32 Å². The Bertz CT molecular complexity index is 150. The highest BCUT2D eigenvalue weighted by atomic mass is 16.5. The average Bonchev–Trinajstić information content (AvgIpc) is 2.99. The molecule has 84 valence electrons. The number of aliphatic hydroxyl groups is 1. The molecule has 0 radical (unpaired) electrons. The smallest absolute Gasteiger partial charge is 0.0638 e. The largest absolute Gasteiger partial charge is 0.395 e. The zero-order valence-corrected chi connectivity index (χ0v) is 9.03. The summed E-state index contributed by atoms with van der Waals surface area (Å²) in [5, 5.41) is 12.5. The van der Waals surface area contributed by atoms with Crippen molar-refractivity contribution in [3.05, 3.63) is 0 Å². The maximum Gasteiger partial charge on any atom is 0.0638 e. The van der Waals surface area contributed by atoms with Crippen molar-refractivity contribution in [2.75, 3.05) is 34.0 Å². The Hall–Kier alpha value is -0.160. The topological polar surface area (TPSA) is 50.7 Å². The van der Waals surface area contributed by atoms with Crippen LogP contribution in [0.15, 0.2) is 0 Å². The van der Waals surface area contributed by atoms with Crippen molar-refractivity contribution in [2.24, 2.45) is 5.92 Å². The monoisotopic (exact) mass is 203 g/mol. The van der Waals surface area contributed by atoms with Gasteiger partial charge in [0.2, 0.25) is 0 Å². The van der Waals surface area contributed by atoms with Gasteiger partial charge in [-0.3, -0.25) is 0 Å². The van der Waals surface area contributed by atoms with E-state index in [4.69, 9.17) is 14.6 Å². The van der Waals surface area contributed by atoms with Crippen LogP contribution in [-0.4, -0.2) is 51.2 Å². The summed E-state index contributed by atoms with van der Waals surface area (Å²) in [6.45, 7) is 1.37. The van der Waals surface area contributed by atoms with Crippen LogP contribution in [-0.2, 0) is 9.47 Å². The molecule has 0 aromatic carbocycles. The molecule has 4 heteroatoms. The number of hydrogen-bond donors (Lipinski definition) is 2. The molecule has 0 heterocycles. The van der Waals surface area contributed by atoms with E-state index in [1.165, 1.54) is 12.8 Å². The standard InChI is InChI=1S/C10H21NO3/c1-13-6-9(5-12)11-10(7-14-2)8-3-4-8/h8-12H,3-7H2,1-2H3. The van der Waals surface area contributed by atoms with E-state index >= 15 is 0 Å². The fourth-order valence-corrected chi connectivity index (χ4v) is 1.66. The second-order valence-corrected chi connectivity index (χ2v) is 3.90. The number of nitrogens with one attached hydrogen (secondary N) is 1. The lowest BCUT2D eigenvalue weighted by Crippen LogP contribution is -2.46. The third-order valence-corrected chi connectivity index (χ3v) is 2.58. The first-order chi connectivity index (χ1) is 6.81. The molecule has 1 aliphatic carbocycles. The Labute approximate surface area is 85.6 Å². The number of ether oxygens (including phenoxy) is 2. The zero-order chi connectivity index (χ0) is 10.4. The van der Waals surface area contributed by atoms with Crippen molar-refractivity contribution in [1.29, 1.82) is 0 Å². The van der Waals surface area contributed by atoms with Gasteiger partial charge in [-0.05, 0) is 18.8 Å². The minimum Gasteiger partial charge on any atom is -0.395 e. The summed E-state index contributed by atoms with van der Waals surface area (Å²) >= 11 is 0. The van der Waals surface area contributed by atoms with Gasteiger partial charge in [-0.1, -0.05) is 0 Å². The van der Waals surface area contributed by atoms with Gasteiger partial charge < -0.3 is 19.9 Å². The second-order valence-electron chi connectivity index (χ2n) is 3.90. The van der Waals surface area contributed by atoms with E-state index in [1.807, 2.05) is 0 Å². The SMILES string of the molecule is COCC(CO)NC(COC)C1CC1. The molecule has 0 amide bonds. The van der Waals surface area contributed by atoms with Gasteiger partial charge in [0, 0.05) is 20.3 Å². The Morgan fingerprint density at radius 2 is 1.93 bits per heavy atom. The van der Waals surface area contributed by atoms with Gasteiger partial charge >= 0.3 is 0 Å². The first-order valence-corrected chi connectivity index (χ1v) is 5.16. The summed E-state index contributed by atoms with van der Waals surface area (Å²) in [6.07, 6.45) is 2.54. The van der Waals surface area contributed by atoms with Crippen molar-refractivity contribution in [2.45, 2.75) is 24.9 Å². The van der Waals surface area contributed by atoms with Gasteiger partial charge in [0.15, 0.2) is 0 Å². The molecule has 1 rings (SSSR count). The molecule has 2 atom stereocenters. The number of methoxy groups -OCH3 is 2. The van der Waals surface area contributed by atoms with E-state index in [2.05, 4.69) is 5.32 Å². The van der Waals surface area contributed by atoms with Crippen LogP contribution in [0.1, 0.15) is 12.8 Å². The quantitative estimate of drug-likeness (QED) is 0.583. The van der Waals surface area contributed by atoms with E-state index in [9.17, 15) is 0 Å². The van der Waals surface area contributed by atoms with Gasteiger partial charge in [-0.15, -0.1) is 0 Å². The van der Waals surface area contributed by atoms with Crippen LogP contribution in [0.3, 0.4) is 0 Å². The first-order valence-electron chi connectivity index (χ1n) is 5.16. The molecule has 2 N–H and O–H groups in total. The van der Waals surface area contributed by atoms with Gasteiger partial charge in [0.1, 0.15) is 0 Å². The lowest BCUT2D eigenvalue weighted by Gasteiger charge is -2.23. The Morgan fingerprint density at radius 3 is 2.36 bits per heavy atom. The second kappa shape index (κ2) is 6.35. The molecule has 14 heavy (non-hydrogen) atoms. The van der Waals surface area contributed by atoms with E-state index in [0.717, 1.165) is 5.92 Å². The highest BCUT2D eigenvalue weighted by molar-refractivity contribution is 4.88. The van der Waals surface area contributed by atoms with E-state index < -0.39 is 0 Å². The molecule has 2 unspecified atom stereocenters. The lowest BCUT2D eigenvalue weighted by atomic mass is 10.1. The molecule has 0 spiro atoms. The van der Waals surface area contributed by atoms with Gasteiger partial charge in [-0.2, -0.15) is 0 Å². The molecular weight excluding hydrogens is 182 g/mol. The summed E-state index contributed by atoms with van der Waals surface area (Å²) in [4.78, 5) is 0. The van der Waals surface area contributed by atoms with Gasteiger partial charge in [-0.25, -0.2) is 0 Å². The molecule has 0 bridgehead atoms. The van der Waals surface area contributed by atoms with Crippen LogP contribution in [0, 0.1) is 5.92 Å². The molecular formula is C10H21NO3. The summed E-state index contributed by atoms with van der Waals surface area (Å²) < 4.78 is 10.2. The average molecular weight is 203 g/mol. The van der Waals surface area contributed by atoms with Crippen molar-refractivity contribution in [3.63, 3.8) is 0 Å². The third kappa shape index (κ3) is 3.92. The third-order valence-electron chi connectivity index (χ3n) is 2.58. The summed E-state index contributed by atoms with van der Waals surface area (Å²) in [7, 11) is 3.36. The van der Waals surface area contributed by atoms with Crippen molar-refractivity contribution in [1.82, 2.24) is 5.32 Å². The number of rotatable bonds is 8. The summed E-state index contributed by atoms with van der Waals surface area (Å²) in [5.74, 6) is 0.723. The van der Waals surface area contributed by atoms with E-state index in [-0.39, 0.29) is 12.6 Å². The number of aliphatic hydroxyl groups excluding tert-OH is 1. The summed E-state index contributed by atoms with van der Waals surface area (Å²) in [6, 6.07) is 0.396. The normalized spacial score (nSPS) is 20.8. The molecule has 1 aliphatic rings. The Kier molecular flexibility index (Phi) is 5.40. The van der Waals surface area contributed by atoms with Crippen LogP contribution >= 0.6 is 0 Å². The lowest BCUT2D eigenvalue weighted by molar-refractivity contribution is 0.0983. The predicted octanol–water partition coefficient (Wildman–Crippen LogP) is 0.00830. The highest BCUT2D eigenvalue weighted by Gasteiger charge is 2.32. The first kappa shape index (κ1) is 11.9. The highest BCUT2D eigenvalue weighted by Crippen LogP contribution is 2.32. The van der Waals surface area contributed by atoms with Crippen LogP contribution in [0.2, 0.25) is 0 Å². The van der Waals surface area contributed by atoms with Crippen LogP contribution in [0.5, 0.6) is 0 Å². The van der Waals surface area contributed by atoms with E-state index in [0.29, 0.717) is 19.3 Å². The van der Waals surface area contributed by atoms with Crippen LogP contribution in [0.25, 0.3) is 0 Å². The summed E-state index contributed by atoms with van der Waals surface area (Å²) in [5.41, 5.74) is 0. The fourth-order valence-electron chi connectivity index (χ4n) is 1.66. The molecule has 0 aromatic rings. The van der Waals surface area contributed by atoms with E-state index in [1.54, 1.807) is 14.2 Å². The molecule has 0 saturated heterocycles. The Morgan fingerprint density at radius 1 is 1.29 bits per heavy atom. The molecule has 0 aliphatic heterocycles. The molecule has 1 fully saturated rings. The van der Waals surface area contributed by atoms with Gasteiger partial charge in [0.25, 0.3) is 0 Å². The predicted molar refractivity (Wildman–Crippen MR) is 54.3 cm³/mol. The fraction of sp³-hybridized carbons (Fsp3) is 1.00. The minimum absolute atomic E-state index is 0.0285. The van der Waals surface area contributed by atoms with Crippen molar-refractivity contribution in [3.8, 4) is 0 Å².